The number of ether oxygens (including phenoxy) is 1. The topological polar surface area (TPSA) is 72.5 Å². The lowest BCUT2D eigenvalue weighted by Crippen LogP contribution is -2.12. The number of hydrogen-bond acceptors (Lipinski definition) is 4. The molecule has 0 amide bonds. The van der Waals surface area contributed by atoms with Gasteiger partial charge in [0.1, 0.15) is 5.75 Å². The van der Waals surface area contributed by atoms with Crippen LogP contribution in [0.2, 0.25) is 0 Å². The minimum absolute atomic E-state index is 0.0707. The minimum atomic E-state index is -3.29. The lowest BCUT2D eigenvalue weighted by atomic mass is 10.0. The van der Waals surface area contributed by atoms with E-state index in [9.17, 15) is 13.2 Å². The van der Waals surface area contributed by atoms with E-state index in [0.29, 0.717) is 23.3 Å². The first-order chi connectivity index (χ1) is 9.94. The molecule has 2 atom stereocenters. The maximum absolute atomic E-state index is 12.1. The van der Waals surface area contributed by atoms with Crippen LogP contribution in [0.1, 0.15) is 25.7 Å². The summed E-state index contributed by atoms with van der Waals surface area (Å²) in [6.45, 7) is 0. The summed E-state index contributed by atoms with van der Waals surface area (Å²) in [6, 6.07) is 6.39. The number of nitrogens with one attached hydrogen (secondary N) is 1. The zero-order valence-corrected chi connectivity index (χ0v) is 12.7. The molecular weight excluding hydrogens is 290 g/mol. The summed E-state index contributed by atoms with van der Waals surface area (Å²) in [5.74, 6) is 1.44. The van der Waals surface area contributed by atoms with Crippen LogP contribution in [0.15, 0.2) is 24.3 Å². The third-order valence-electron chi connectivity index (χ3n) is 4.30. The molecule has 0 aromatic heterocycles. The summed E-state index contributed by atoms with van der Waals surface area (Å²) in [7, 11) is -3.29. The SMILES string of the molecule is CS(=O)(=O)Nc1ccc(OC(=O)C2[C@@H]3CCCC[C@@H]23)cc1. The molecule has 0 spiro atoms. The molecule has 3 rings (SSSR count). The van der Waals surface area contributed by atoms with E-state index in [0.717, 1.165) is 19.1 Å². The summed E-state index contributed by atoms with van der Waals surface area (Å²) in [6.07, 6.45) is 5.81. The zero-order chi connectivity index (χ0) is 15.0. The Bertz CT molecular complexity index is 626. The number of hydrogen-bond donors (Lipinski definition) is 1. The van der Waals surface area contributed by atoms with Gasteiger partial charge >= 0.3 is 5.97 Å². The highest BCUT2D eigenvalue weighted by Crippen LogP contribution is 2.55. The Morgan fingerprint density at radius 3 is 2.24 bits per heavy atom. The van der Waals surface area contributed by atoms with Gasteiger partial charge in [0.15, 0.2) is 0 Å². The van der Waals surface area contributed by atoms with Gasteiger partial charge < -0.3 is 4.74 Å². The van der Waals surface area contributed by atoms with Crippen molar-refractivity contribution in [1.29, 1.82) is 0 Å². The van der Waals surface area contributed by atoms with Crippen LogP contribution in [0.3, 0.4) is 0 Å². The highest BCUT2D eigenvalue weighted by molar-refractivity contribution is 7.92. The van der Waals surface area contributed by atoms with E-state index in [-0.39, 0.29) is 11.9 Å². The van der Waals surface area contributed by atoms with Crippen molar-refractivity contribution in [3.63, 3.8) is 0 Å². The molecule has 0 radical (unpaired) electrons. The average Bonchev–Trinajstić information content (AvgIpc) is 3.13. The van der Waals surface area contributed by atoms with Gasteiger partial charge in [0.25, 0.3) is 0 Å². The second-order valence-electron chi connectivity index (χ2n) is 5.96. The van der Waals surface area contributed by atoms with Crippen LogP contribution in [0.5, 0.6) is 5.75 Å². The third kappa shape index (κ3) is 3.37. The summed E-state index contributed by atoms with van der Waals surface area (Å²) >= 11 is 0. The molecule has 0 bridgehead atoms. The van der Waals surface area contributed by atoms with Crippen molar-refractivity contribution < 1.29 is 17.9 Å². The summed E-state index contributed by atoms with van der Waals surface area (Å²) < 4.78 is 30.0. The molecule has 2 fully saturated rings. The van der Waals surface area contributed by atoms with Gasteiger partial charge in [-0.1, -0.05) is 12.8 Å². The Morgan fingerprint density at radius 2 is 1.71 bits per heavy atom. The summed E-state index contributed by atoms with van der Waals surface area (Å²) in [5.41, 5.74) is 0.456. The van der Waals surface area contributed by atoms with Gasteiger partial charge in [-0.2, -0.15) is 0 Å². The van der Waals surface area contributed by atoms with E-state index < -0.39 is 10.0 Å². The van der Waals surface area contributed by atoms with Gasteiger partial charge in [-0.3, -0.25) is 9.52 Å². The summed E-state index contributed by atoms with van der Waals surface area (Å²) in [5, 5.41) is 0. The number of esters is 1. The lowest BCUT2D eigenvalue weighted by molar-refractivity contribution is -0.136. The van der Waals surface area contributed by atoms with E-state index in [1.165, 1.54) is 12.8 Å². The van der Waals surface area contributed by atoms with Gasteiger partial charge in [-0.15, -0.1) is 0 Å². The predicted octanol–water partition coefficient (Wildman–Crippen LogP) is 2.40. The molecule has 0 heterocycles. The number of fused-ring (bicyclic) bond motifs is 1. The first-order valence-electron chi connectivity index (χ1n) is 7.23. The van der Waals surface area contributed by atoms with Crippen LogP contribution < -0.4 is 9.46 Å². The number of rotatable bonds is 4. The molecule has 2 aliphatic rings. The molecule has 0 unspecified atom stereocenters. The standard InChI is InChI=1S/C15H19NO4S/c1-21(18,19)16-10-6-8-11(9-7-10)20-15(17)14-12-4-2-3-5-13(12)14/h6-9,12-14,16H,2-5H2,1H3/t12-,13-/m1/s1. The normalized spacial score (nSPS) is 27.6. The highest BCUT2D eigenvalue weighted by Gasteiger charge is 2.55. The molecule has 1 N–H and O–H groups in total. The number of carbonyl (C=O) groups excluding carboxylic acids is 1. The van der Waals surface area contributed by atoms with Gasteiger partial charge in [0.2, 0.25) is 10.0 Å². The zero-order valence-electron chi connectivity index (χ0n) is 11.9. The second-order valence-corrected chi connectivity index (χ2v) is 7.71. The van der Waals surface area contributed by atoms with Crippen LogP contribution in [0.4, 0.5) is 5.69 Å². The van der Waals surface area contributed by atoms with Crippen molar-refractivity contribution in [2.75, 3.05) is 11.0 Å². The van der Waals surface area contributed by atoms with Crippen LogP contribution in [-0.2, 0) is 14.8 Å². The Balaban J connectivity index is 1.59. The predicted molar refractivity (Wildman–Crippen MR) is 79.5 cm³/mol. The molecule has 6 heteroatoms. The smallest absolute Gasteiger partial charge is 0.314 e. The van der Waals surface area contributed by atoms with Crippen molar-refractivity contribution in [1.82, 2.24) is 0 Å². The fourth-order valence-corrected chi connectivity index (χ4v) is 3.90. The molecule has 1 aromatic carbocycles. The van der Waals surface area contributed by atoms with Gasteiger partial charge in [-0.05, 0) is 48.9 Å². The van der Waals surface area contributed by atoms with Gasteiger partial charge in [-0.25, -0.2) is 8.42 Å². The van der Waals surface area contributed by atoms with E-state index in [1.807, 2.05) is 0 Å². The van der Waals surface area contributed by atoms with Gasteiger partial charge in [0, 0.05) is 5.69 Å². The molecule has 2 aliphatic carbocycles. The molecule has 1 aromatic rings. The largest absolute Gasteiger partial charge is 0.426 e. The molecule has 2 saturated carbocycles. The highest BCUT2D eigenvalue weighted by atomic mass is 32.2. The maximum Gasteiger partial charge on any atom is 0.314 e. The molecule has 0 saturated heterocycles. The Hall–Kier alpha value is -1.56. The molecular formula is C15H19NO4S. The third-order valence-corrected chi connectivity index (χ3v) is 4.91. The molecule has 21 heavy (non-hydrogen) atoms. The van der Waals surface area contributed by atoms with Crippen molar-refractivity contribution >= 4 is 21.7 Å². The molecule has 5 nitrogen and oxygen atoms in total. The van der Waals surface area contributed by atoms with Crippen molar-refractivity contribution in [3.05, 3.63) is 24.3 Å². The van der Waals surface area contributed by atoms with E-state index >= 15 is 0 Å². The molecule has 114 valence electrons. The fourth-order valence-electron chi connectivity index (χ4n) is 3.33. The second kappa shape index (κ2) is 5.33. The first-order valence-corrected chi connectivity index (χ1v) is 9.13. The van der Waals surface area contributed by atoms with Crippen molar-refractivity contribution in [2.45, 2.75) is 25.7 Å². The van der Waals surface area contributed by atoms with Crippen LogP contribution in [-0.4, -0.2) is 20.6 Å². The summed E-state index contributed by atoms with van der Waals surface area (Å²) in [4.78, 5) is 12.1. The quantitative estimate of drug-likeness (QED) is 0.685. The molecule has 0 aliphatic heterocycles. The lowest BCUT2D eigenvalue weighted by Gasteiger charge is -2.06. The Labute approximate surface area is 124 Å². The van der Waals surface area contributed by atoms with Crippen LogP contribution >= 0.6 is 0 Å². The number of anilines is 1. The Morgan fingerprint density at radius 1 is 1.14 bits per heavy atom. The van der Waals surface area contributed by atoms with Gasteiger partial charge in [0.05, 0.1) is 12.2 Å². The first kappa shape index (κ1) is 14.4. The van der Waals surface area contributed by atoms with Crippen molar-refractivity contribution in [3.8, 4) is 5.75 Å². The number of sulfonamides is 1. The van der Waals surface area contributed by atoms with E-state index in [2.05, 4.69) is 4.72 Å². The van der Waals surface area contributed by atoms with Crippen molar-refractivity contribution in [2.24, 2.45) is 17.8 Å². The minimum Gasteiger partial charge on any atom is -0.426 e. The maximum atomic E-state index is 12.1. The number of carbonyl (C=O) groups is 1. The van der Waals surface area contributed by atoms with E-state index in [1.54, 1.807) is 24.3 Å². The monoisotopic (exact) mass is 309 g/mol. The van der Waals surface area contributed by atoms with Crippen LogP contribution in [0.25, 0.3) is 0 Å². The van der Waals surface area contributed by atoms with Crippen LogP contribution in [0, 0.1) is 17.8 Å². The fraction of sp³-hybridized carbons (Fsp3) is 0.533. The Kier molecular flexibility index (Phi) is 3.65. The number of benzene rings is 1. The average molecular weight is 309 g/mol. The van der Waals surface area contributed by atoms with E-state index in [4.69, 9.17) is 4.74 Å².